The fourth-order valence-electron chi connectivity index (χ4n) is 3.10. The summed E-state index contributed by atoms with van der Waals surface area (Å²) in [6.07, 6.45) is 0.236. The van der Waals surface area contributed by atoms with E-state index < -0.39 is 37.5 Å². The minimum atomic E-state index is -4.13. The van der Waals surface area contributed by atoms with Gasteiger partial charge in [-0.05, 0) is 37.0 Å². The first-order valence-corrected chi connectivity index (χ1v) is 13.6. The maximum atomic E-state index is 12.7. The van der Waals surface area contributed by atoms with Crippen LogP contribution in [0, 0.1) is 0 Å². The van der Waals surface area contributed by atoms with Crippen molar-refractivity contribution in [1.29, 1.82) is 0 Å². The molecule has 0 radical (unpaired) electrons. The second kappa shape index (κ2) is 10.9. The number of nitrogens with zero attached hydrogens (tertiary/aromatic N) is 1. The fraction of sp³-hybridized carbons (Fsp3) is 0.588. The molecular formula is C17H25Cl2N3O6S2. The van der Waals surface area contributed by atoms with Crippen molar-refractivity contribution < 1.29 is 26.7 Å². The second-order valence-corrected chi connectivity index (χ2v) is 11.7. The molecule has 13 heteroatoms. The molecule has 0 spiro atoms. The number of hydrogen-bond acceptors (Lipinski definition) is 7. The average molecular weight is 502 g/mol. The number of alkyl halides is 2. The molecule has 1 aliphatic rings. The van der Waals surface area contributed by atoms with Crippen LogP contribution < -0.4 is 10.6 Å². The monoisotopic (exact) mass is 501 g/mol. The highest BCUT2D eigenvalue weighted by Crippen LogP contribution is 2.31. The zero-order chi connectivity index (χ0) is 22.4. The molecule has 1 heterocycles. The zero-order valence-corrected chi connectivity index (χ0v) is 19.4. The summed E-state index contributed by atoms with van der Waals surface area (Å²) in [5.74, 6) is -1.77. The molecule has 0 fully saturated rings. The Morgan fingerprint density at radius 2 is 1.57 bits per heavy atom. The predicted octanol–water partition coefficient (Wildman–Crippen LogP) is 1.98. The number of nitrogens with one attached hydrogen (secondary N) is 2. The summed E-state index contributed by atoms with van der Waals surface area (Å²) in [6.45, 7) is 0.853. The van der Waals surface area contributed by atoms with Gasteiger partial charge in [0.25, 0.3) is 0 Å². The highest BCUT2D eigenvalue weighted by Gasteiger charge is 2.33. The lowest BCUT2D eigenvalue weighted by molar-refractivity contribution is 0.0696. The molecule has 3 N–H and O–H groups in total. The molecule has 1 aliphatic heterocycles. The average Bonchev–Trinajstić information content (AvgIpc) is 2.70. The van der Waals surface area contributed by atoms with E-state index in [1.54, 1.807) is 0 Å². The van der Waals surface area contributed by atoms with Gasteiger partial charge in [0.2, 0.25) is 20.0 Å². The van der Waals surface area contributed by atoms with E-state index in [-0.39, 0.29) is 43.1 Å². The number of halogens is 2. The summed E-state index contributed by atoms with van der Waals surface area (Å²) >= 11 is 11.2. The number of hydrogen-bond donors (Lipinski definition) is 3. The van der Waals surface area contributed by atoms with Gasteiger partial charge in [-0.2, -0.15) is 0 Å². The summed E-state index contributed by atoms with van der Waals surface area (Å²) in [7, 11) is -8.25. The SMILES string of the molecule is O=C(O)c1cc(CCN(S(=O)(=O)CCCCl)S(=O)(=O)CCCCl)c2c(c1)NCCN2. The third-order valence-electron chi connectivity index (χ3n) is 4.47. The molecule has 1 aromatic rings. The van der Waals surface area contributed by atoms with Crippen molar-refractivity contribution in [2.45, 2.75) is 19.3 Å². The van der Waals surface area contributed by atoms with Gasteiger partial charge in [-0.3, -0.25) is 0 Å². The number of sulfonamides is 2. The van der Waals surface area contributed by atoms with Crippen LogP contribution in [0.3, 0.4) is 0 Å². The number of anilines is 2. The molecule has 0 saturated carbocycles. The molecule has 1 aromatic carbocycles. The van der Waals surface area contributed by atoms with Crippen molar-refractivity contribution in [2.24, 2.45) is 0 Å². The molecule has 0 amide bonds. The summed E-state index contributed by atoms with van der Waals surface area (Å²) in [4.78, 5) is 11.5. The number of rotatable bonds is 12. The van der Waals surface area contributed by atoms with Crippen molar-refractivity contribution in [3.63, 3.8) is 0 Å². The van der Waals surface area contributed by atoms with Crippen molar-refractivity contribution in [1.82, 2.24) is 3.71 Å². The topological polar surface area (TPSA) is 133 Å². The van der Waals surface area contributed by atoms with Crippen LogP contribution in [0.25, 0.3) is 0 Å². The van der Waals surface area contributed by atoms with E-state index in [1.807, 2.05) is 0 Å². The van der Waals surface area contributed by atoms with E-state index in [2.05, 4.69) is 10.6 Å². The van der Waals surface area contributed by atoms with Crippen LogP contribution in [-0.4, -0.2) is 74.5 Å². The first-order valence-electron chi connectivity index (χ1n) is 9.35. The van der Waals surface area contributed by atoms with Gasteiger partial charge in [-0.25, -0.2) is 21.6 Å². The Morgan fingerprint density at radius 3 is 2.10 bits per heavy atom. The van der Waals surface area contributed by atoms with Crippen LogP contribution in [0.5, 0.6) is 0 Å². The van der Waals surface area contributed by atoms with E-state index in [1.165, 1.54) is 12.1 Å². The van der Waals surface area contributed by atoms with Crippen molar-refractivity contribution in [3.8, 4) is 0 Å². The molecule has 9 nitrogen and oxygen atoms in total. The molecule has 0 aromatic heterocycles. The maximum Gasteiger partial charge on any atom is 0.335 e. The Hall–Kier alpha value is -1.27. The van der Waals surface area contributed by atoms with Crippen LogP contribution in [0.15, 0.2) is 12.1 Å². The van der Waals surface area contributed by atoms with Crippen LogP contribution in [0.2, 0.25) is 0 Å². The van der Waals surface area contributed by atoms with E-state index in [9.17, 15) is 26.7 Å². The van der Waals surface area contributed by atoms with Gasteiger partial charge in [0.05, 0.1) is 28.4 Å². The van der Waals surface area contributed by atoms with Crippen LogP contribution in [-0.2, 0) is 26.5 Å². The molecule has 0 saturated heterocycles. The van der Waals surface area contributed by atoms with Crippen molar-refractivity contribution in [3.05, 3.63) is 23.3 Å². The molecule has 2 rings (SSSR count). The van der Waals surface area contributed by atoms with E-state index >= 15 is 0 Å². The number of carboxylic acids is 1. The van der Waals surface area contributed by atoms with E-state index in [0.29, 0.717) is 33.7 Å². The van der Waals surface area contributed by atoms with Gasteiger partial charge in [-0.1, -0.05) is 3.71 Å². The summed E-state index contributed by atoms with van der Waals surface area (Å²) < 4.78 is 51.4. The minimum Gasteiger partial charge on any atom is -0.478 e. The highest BCUT2D eigenvalue weighted by molar-refractivity contribution is 8.04. The number of benzene rings is 1. The maximum absolute atomic E-state index is 12.7. The Labute approximate surface area is 186 Å². The van der Waals surface area contributed by atoms with Gasteiger partial charge in [0.1, 0.15) is 0 Å². The first kappa shape index (κ1) is 25.0. The third kappa shape index (κ3) is 6.36. The Bertz CT molecular complexity index is 932. The normalized spacial score (nSPS) is 14.1. The largest absolute Gasteiger partial charge is 0.478 e. The Kier molecular flexibility index (Phi) is 9.04. The summed E-state index contributed by atoms with van der Waals surface area (Å²) in [6, 6.07) is 2.91. The van der Waals surface area contributed by atoms with Gasteiger partial charge in [0.15, 0.2) is 0 Å². The number of carboxylic acid groups (broad SMARTS) is 1. The van der Waals surface area contributed by atoms with Crippen LogP contribution >= 0.6 is 23.2 Å². The van der Waals surface area contributed by atoms with Gasteiger partial charge in [-0.15, -0.1) is 23.2 Å². The van der Waals surface area contributed by atoms with Crippen LogP contribution in [0.1, 0.15) is 28.8 Å². The third-order valence-corrected chi connectivity index (χ3v) is 9.58. The smallest absolute Gasteiger partial charge is 0.335 e. The molecule has 0 aliphatic carbocycles. The van der Waals surface area contributed by atoms with Crippen LogP contribution in [0.4, 0.5) is 11.4 Å². The zero-order valence-electron chi connectivity index (χ0n) is 16.2. The van der Waals surface area contributed by atoms with Gasteiger partial charge >= 0.3 is 5.97 Å². The lowest BCUT2D eigenvalue weighted by Gasteiger charge is -2.25. The molecule has 0 atom stereocenters. The van der Waals surface area contributed by atoms with Crippen molar-refractivity contribution >= 4 is 60.6 Å². The Balaban J connectivity index is 2.37. The molecule has 0 bridgehead atoms. The lowest BCUT2D eigenvalue weighted by Crippen LogP contribution is -2.41. The quantitative estimate of drug-likeness (QED) is 0.370. The summed E-state index contributed by atoms with van der Waals surface area (Å²) in [5, 5.41) is 15.6. The Morgan fingerprint density at radius 1 is 1.00 bits per heavy atom. The molecule has 170 valence electrons. The first-order chi connectivity index (χ1) is 14.1. The lowest BCUT2D eigenvalue weighted by atomic mass is 10.0. The predicted molar refractivity (Wildman–Crippen MR) is 119 cm³/mol. The van der Waals surface area contributed by atoms with E-state index in [4.69, 9.17) is 23.2 Å². The van der Waals surface area contributed by atoms with Gasteiger partial charge < -0.3 is 15.7 Å². The fourth-order valence-corrected chi connectivity index (χ4v) is 7.68. The van der Waals surface area contributed by atoms with Gasteiger partial charge in [0, 0.05) is 31.4 Å². The number of fused-ring (bicyclic) bond motifs is 1. The molecule has 30 heavy (non-hydrogen) atoms. The molecule has 0 unspecified atom stereocenters. The highest BCUT2D eigenvalue weighted by atomic mass is 35.5. The second-order valence-electron chi connectivity index (χ2n) is 6.68. The molecular weight excluding hydrogens is 477 g/mol. The summed E-state index contributed by atoms with van der Waals surface area (Å²) in [5.41, 5.74) is 1.77. The standard InChI is InChI=1S/C17H25Cl2N3O6S2/c18-4-1-9-29(25,26)22(30(27,28)10-2-5-19)8-3-13-11-14(17(23)24)12-15-16(13)21-7-6-20-15/h11-12,20-21H,1-10H2,(H,23,24). The minimum absolute atomic E-state index is 0.0122. The van der Waals surface area contributed by atoms with E-state index in [0.717, 1.165) is 0 Å². The number of aromatic carboxylic acids is 1. The number of carbonyl (C=O) groups is 1. The van der Waals surface area contributed by atoms with Crippen molar-refractivity contribution in [2.75, 3.05) is 53.5 Å².